The minimum Gasteiger partial charge on any atom is -0.456 e. The molecule has 0 saturated heterocycles. The topological polar surface area (TPSA) is 13.1 Å². The fraction of sp³-hybridized carbons (Fsp3) is 0. The fourth-order valence-electron chi connectivity index (χ4n) is 6.44. The molecule has 2 heterocycles. The summed E-state index contributed by atoms with van der Waals surface area (Å²) in [6.07, 6.45) is 0. The van der Waals surface area contributed by atoms with Crippen LogP contribution >= 0.6 is 11.3 Å². The molecule has 0 aliphatic carbocycles. The van der Waals surface area contributed by atoms with Crippen LogP contribution in [0.15, 0.2) is 162 Å². The van der Waals surface area contributed by atoms with Gasteiger partial charge < -0.3 is 4.42 Å². The molecular formula is C42H26OS. The zero-order valence-electron chi connectivity index (χ0n) is 23.8. The number of hydrogen-bond acceptors (Lipinski definition) is 2. The molecule has 2 aromatic heterocycles. The van der Waals surface area contributed by atoms with Crippen molar-refractivity contribution in [3.63, 3.8) is 0 Å². The molecule has 7 aromatic carbocycles. The van der Waals surface area contributed by atoms with Crippen LogP contribution in [0.25, 0.3) is 86.6 Å². The molecule has 0 radical (unpaired) electrons. The van der Waals surface area contributed by atoms with Crippen LogP contribution in [-0.4, -0.2) is 0 Å². The van der Waals surface area contributed by atoms with Gasteiger partial charge in [-0.3, -0.25) is 0 Å². The molecule has 0 N–H and O–H groups in total. The molecule has 0 saturated carbocycles. The summed E-state index contributed by atoms with van der Waals surface area (Å²) in [6, 6.07) is 56.8. The Morgan fingerprint density at radius 2 is 0.886 bits per heavy atom. The van der Waals surface area contributed by atoms with E-state index in [9.17, 15) is 0 Å². The van der Waals surface area contributed by atoms with Crippen LogP contribution in [0.1, 0.15) is 0 Å². The smallest absolute Gasteiger partial charge is 0.135 e. The molecule has 1 nitrogen and oxygen atoms in total. The van der Waals surface area contributed by atoms with Crippen molar-refractivity contribution < 1.29 is 4.42 Å². The molecule has 0 aliphatic rings. The lowest BCUT2D eigenvalue weighted by Crippen LogP contribution is -1.85. The van der Waals surface area contributed by atoms with Gasteiger partial charge in [-0.05, 0) is 75.3 Å². The molecule has 0 spiro atoms. The Bertz CT molecular complexity index is 2460. The van der Waals surface area contributed by atoms with Crippen LogP contribution in [0.3, 0.4) is 0 Å². The third kappa shape index (κ3) is 4.15. The molecule has 0 unspecified atom stereocenters. The van der Waals surface area contributed by atoms with Gasteiger partial charge in [-0.15, -0.1) is 11.3 Å². The van der Waals surface area contributed by atoms with E-state index in [0.717, 1.165) is 21.9 Å². The van der Waals surface area contributed by atoms with Crippen LogP contribution in [0.2, 0.25) is 0 Å². The second-order valence-electron chi connectivity index (χ2n) is 11.3. The van der Waals surface area contributed by atoms with Gasteiger partial charge in [-0.25, -0.2) is 0 Å². The van der Waals surface area contributed by atoms with Gasteiger partial charge in [0.15, 0.2) is 0 Å². The number of thiophene rings is 1. The lowest BCUT2D eigenvalue weighted by atomic mass is 9.94. The van der Waals surface area contributed by atoms with Gasteiger partial charge in [0, 0.05) is 36.5 Å². The van der Waals surface area contributed by atoms with E-state index in [0.29, 0.717) is 0 Å². The first-order valence-electron chi connectivity index (χ1n) is 14.9. The van der Waals surface area contributed by atoms with E-state index in [4.69, 9.17) is 4.42 Å². The second-order valence-corrected chi connectivity index (χ2v) is 12.4. The predicted molar refractivity (Wildman–Crippen MR) is 188 cm³/mol. The molecule has 0 aliphatic heterocycles. The minimum absolute atomic E-state index is 0.921. The Hall–Kier alpha value is -5.44. The molecule has 0 atom stereocenters. The Kier molecular flexibility index (Phi) is 5.75. The van der Waals surface area contributed by atoms with Crippen molar-refractivity contribution >= 4 is 53.4 Å². The van der Waals surface area contributed by atoms with E-state index in [1.54, 1.807) is 0 Å². The van der Waals surface area contributed by atoms with E-state index in [-0.39, 0.29) is 0 Å². The Morgan fingerprint density at radius 1 is 0.341 bits per heavy atom. The van der Waals surface area contributed by atoms with Crippen molar-refractivity contribution in [2.45, 2.75) is 0 Å². The van der Waals surface area contributed by atoms with Gasteiger partial charge in [0.05, 0.1) is 0 Å². The fourth-order valence-corrected chi connectivity index (χ4v) is 7.66. The zero-order chi connectivity index (χ0) is 29.0. The summed E-state index contributed by atoms with van der Waals surface area (Å²) in [6.45, 7) is 0. The lowest BCUT2D eigenvalue weighted by Gasteiger charge is -2.11. The average molecular weight is 579 g/mol. The first kappa shape index (κ1) is 25.1. The molecule has 44 heavy (non-hydrogen) atoms. The second kappa shape index (κ2) is 10.1. The first-order valence-corrected chi connectivity index (χ1v) is 15.7. The Labute approximate surface area is 259 Å². The average Bonchev–Trinajstić information content (AvgIpc) is 3.66. The number of fused-ring (bicyclic) bond motifs is 6. The third-order valence-corrected chi connectivity index (χ3v) is 9.93. The highest BCUT2D eigenvalue weighted by Gasteiger charge is 2.15. The summed E-state index contributed by atoms with van der Waals surface area (Å²) in [5.41, 5.74) is 11.6. The van der Waals surface area contributed by atoms with Crippen LogP contribution < -0.4 is 0 Å². The molecule has 2 heteroatoms. The SMILES string of the molecule is c1ccc(-c2ccc(-c3ccc(-c4cc(-c5ccc6oc7ccccc7c6c5)cc5c4sc4ccccc45)cc3)cc2)cc1. The van der Waals surface area contributed by atoms with Gasteiger partial charge in [0.1, 0.15) is 11.2 Å². The standard InChI is InChI=1S/C42H26OS/c1-2-8-27(9-3-1)28-14-16-29(17-15-28)30-18-20-31(21-19-30)36-25-33(26-38-35-11-5-7-13-41(35)44-42(36)38)32-22-23-40-37(24-32)34-10-4-6-12-39(34)43-40/h1-26H. The lowest BCUT2D eigenvalue weighted by molar-refractivity contribution is 0.669. The van der Waals surface area contributed by atoms with E-state index >= 15 is 0 Å². The summed E-state index contributed by atoms with van der Waals surface area (Å²) < 4.78 is 8.77. The molecule has 0 amide bonds. The van der Waals surface area contributed by atoms with Gasteiger partial charge >= 0.3 is 0 Å². The first-order chi connectivity index (χ1) is 21.8. The number of para-hydroxylation sites is 1. The number of hydrogen-bond donors (Lipinski definition) is 0. The molecule has 9 rings (SSSR count). The van der Waals surface area contributed by atoms with Crippen LogP contribution in [-0.2, 0) is 0 Å². The molecule has 0 fully saturated rings. The number of benzene rings is 7. The van der Waals surface area contributed by atoms with Crippen molar-refractivity contribution in [1.29, 1.82) is 0 Å². The predicted octanol–water partition coefficient (Wildman–Crippen LogP) is 12.6. The number of rotatable bonds is 4. The number of furan rings is 1. The van der Waals surface area contributed by atoms with Crippen LogP contribution in [0.4, 0.5) is 0 Å². The molecule has 0 bridgehead atoms. The van der Waals surface area contributed by atoms with Gasteiger partial charge in [0.2, 0.25) is 0 Å². The molecule has 9 aromatic rings. The van der Waals surface area contributed by atoms with Crippen LogP contribution in [0, 0.1) is 0 Å². The maximum absolute atomic E-state index is 6.13. The highest BCUT2D eigenvalue weighted by atomic mass is 32.1. The van der Waals surface area contributed by atoms with Gasteiger partial charge in [-0.1, -0.05) is 121 Å². The summed E-state index contributed by atoms with van der Waals surface area (Å²) in [4.78, 5) is 0. The summed E-state index contributed by atoms with van der Waals surface area (Å²) in [5.74, 6) is 0. The monoisotopic (exact) mass is 578 g/mol. The summed E-state index contributed by atoms with van der Waals surface area (Å²) in [5, 5.41) is 4.91. The Balaban J connectivity index is 1.16. The van der Waals surface area contributed by atoms with Gasteiger partial charge in [0.25, 0.3) is 0 Å². The molecular weight excluding hydrogens is 553 g/mol. The highest BCUT2D eigenvalue weighted by molar-refractivity contribution is 7.26. The minimum atomic E-state index is 0.921. The zero-order valence-corrected chi connectivity index (χ0v) is 24.6. The maximum Gasteiger partial charge on any atom is 0.135 e. The quantitative estimate of drug-likeness (QED) is 0.202. The third-order valence-electron chi connectivity index (χ3n) is 8.71. The van der Waals surface area contributed by atoms with Crippen LogP contribution in [0.5, 0.6) is 0 Å². The van der Waals surface area contributed by atoms with Crippen molar-refractivity contribution in [1.82, 2.24) is 0 Å². The van der Waals surface area contributed by atoms with E-state index in [2.05, 4.69) is 146 Å². The van der Waals surface area contributed by atoms with Crippen molar-refractivity contribution in [2.24, 2.45) is 0 Å². The maximum atomic E-state index is 6.13. The van der Waals surface area contributed by atoms with Crippen molar-refractivity contribution in [2.75, 3.05) is 0 Å². The summed E-state index contributed by atoms with van der Waals surface area (Å²) >= 11 is 1.88. The normalized spacial score (nSPS) is 11.6. The van der Waals surface area contributed by atoms with Crippen molar-refractivity contribution in [3.05, 3.63) is 158 Å². The Morgan fingerprint density at radius 3 is 1.64 bits per heavy atom. The van der Waals surface area contributed by atoms with Crippen molar-refractivity contribution in [3.8, 4) is 44.5 Å². The molecule has 206 valence electrons. The van der Waals surface area contributed by atoms with E-state index in [1.165, 1.54) is 64.7 Å². The van der Waals surface area contributed by atoms with Gasteiger partial charge in [-0.2, -0.15) is 0 Å². The van der Waals surface area contributed by atoms with E-state index < -0.39 is 0 Å². The van der Waals surface area contributed by atoms with E-state index in [1.807, 2.05) is 23.5 Å². The highest BCUT2D eigenvalue weighted by Crippen LogP contribution is 2.43. The largest absolute Gasteiger partial charge is 0.456 e. The summed E-state index contributed by atoms with van der Waals surface area (Å²) in [7, 11) is 0.